The molecule has 2 aromatic carbocycles. The molecule has 1 amide bonds. The fourth-order valence-electron chi connectivity index (χ4n) is 2.82. The van der Waals surface area contributed by atoms with E-state index in [1.54, 1.807) is 12.1 Å². The Morgan fingerprint density at radius 3 is 2.67 bits per heavy atom. The molecule has 0 bridgehead atoms. The molecule has 1 aliphatic rings. The molecule has 1 aliphatic heterocycles. The number of rotatable bonds is 2. The fraction of sp³-hybridized carbons (Fsp3) is 0.176. The van der Waals surface area contributed by atoms with Crippen LogP contribution < -0.4 is 10.6 Å². The highest BCUT2D eigenvalue weighted by atomic mass is 32.1. The zero-order chi connectivity index (χ0) is 15.0. The van der Waals surface area contributed by atoms with Gasteiger partial charge in [0, 0.05) is 22.9 Å². The van der Waals surface area contributed by atoms with E-state index in [0.717, 1.165) is 17.7 Å². The van der Waals surface area contributed by atoms with Crippen LogP contribution in [-0.4, -0.2) is 16.9 Å². The van der Waals surface area contributed by atoms with E-state index in [1.165, 1.54) is 5.56 Å². The summed E-state index contributed by atoms with van der Waals surface area (Å²) in [5.41, 5.74) is 9.19. The van der Waals surface area contributed by atoms with E-state index in [-0.39, 0.29) is 11.9 Å². The van der Waals surface area contributed by atoms with Gasteiger partial charge in [0.2, 0.25) is 0 Å². The van der Waals surface area contributed by atoms with Crippen molar-refractivity contribution in [1.29, 1.82) is 0 Å². The number of nitrogens with two attached hydrogens (primary N) is 1. The van der Waals surface area contributed by atoms with E-state index < -0.39 is 0 Å². The second kappa shape index (κ2) is 5.30. The van der Waals surface area contributed by atoms with Crippen molar-refractivity contribution < 1.29 is 4.79 Å². The number of fused-ring (bicyclic) bond motifs is 1. The first-order valence-electron chi connectivity index (χ1n) is 6.89. The Labute approximate surface area is 129 Å². The molecule has 1 heterocycles. The van der Waals surface area contributed by atoms with Crippen LogP contribution in [-0.2, 0) is 6.42 Å². The molecule has 0 aliphatic carbocycles. The second-order valence-electron chi connectivity index (χ2n) is 5.30. The Balaban J connectivity index is 1.99. The van der Waals surface area contributed by atoms with Gasteiger partial charge in [-0.2, -0.15) is 0 Å². The van der Waals surface area contributed by atoms with Crippen LogP contribution in [0.3, 0.4) is 0 Å². The molecule has 0 radical (unpaired) electrons. The highest BCUT2D eigenvalue weighted by Gasteiger charge is 2.31. The van der Waals surface area contributed by atoms with Crippen LogP contribution in [0.2, 0.25) is 0 Å². The van der Waals surface area contributed by atoms with Crippen molar-refractivity contribution in [2.45, 2.75) is 19.4 Å². The lowest BCUT2D eigenvalue weighted by Crippen LogP contribution is -2.35. The first kappa shape index (κ1) is 13.8. The van der Waals surface area contributed by atoms with E-state index in [4.69, 9.17) is 18.0 Å². The average molecular weight is 296 g/mol. The molecule has 1 unspecified atom stereocenters. The molecule has 21 heavy (non-hydrogen) atoms. The smallest absolute Gasteiger partial charge is 0.258 e. The van der Waals surface area contributed by atoms with Crippen LogP contribution in [0.4, 0.5) is 5.69 Å². The first-order chi connectivity index (χ1) is 10.1. The molecule has 1 atom stereocenters. The van der Waals surface area contributed by atoms with Crippen LogP contribution in [0.1, 0.15) is 28.4 Å². The lowest BCUT2D eigenvalue weighted by atomic mass is 10.1. The maximum absolute atomic E-state index is 12.8. The highest BCUT2D eigenvalue weighted by molar-refractivity contribution is 7.80. The van der Waals surface area contributed by atoms with Gasteiger partial charge in [-0.3, -0.25) is 4.79 Å². The summed E-state index contributed by atoms with van der Waals surface area (Å²) in [6.45, 7) is 2.06. The Kier molecular flexibility index (Phi) is 3.47. The van der Waals surface area contributed by atoms with Gasteiger partial charge >= 0.3 is 0 Å². The minimum absolute atomic E-state index is 0.00875. The van der Waals surface area contributed by atoms with Crippen molar-refractivity contribution in [1.82, 2.24) is 0 Å². The minimum atomic E-state index is -0.00875. The number of amides is 1. The van der Waals surface area contributed by atoms with Crippen LogP contribution in [0, 0.1) is 0 Å². The molecule has 2 N–H and O–H groups in total. The van der Waals surface area contributed by atoms with Gasteiger partial charge in [0.15, 0.2) is 0 Å². The number of hydrogen-bond donors (Lipinski definition) is 1. The number of para-hydroxylation sites is 1. The molecule has 106 valence electrons. The number of nitrogens with zero attached hydrogens (tertiary/aromatic N) is 1. The molecular weight excluding hydrogens is 280 g/mol. The van der Waals surface area contributed by atoms with Gasteiger partial charge in [0.05, 0.1) is 0 Å². The van der Waals surface area contributed by atoms with Crippen molar-refractivity contribution >= 4 is 28.8 Å². The third-order valence-electron chi connectivity index (χ3n) is 3.82. The molecule has 0 aromatic heterocycles. The normalized spacial score (nSPS) is 16.6. The summed E-state index contributed by atoms with van der Waals surface area (Å²) < 4.78 is 0. The van der Waals surface area contributed by atoms with Gasteiger partial charge in [-0.15, -0.1) is 0 Å². The van der Waals surface area contributed by atoms with Gasteiger partial charge in [-0.1, -0.05) is 42.5 Å². The quantitative estimate of drug-likeness (QED) is 0.867. The van der Waals surface area contributed by atoms with Gasteiger partial charge in [-0.25, -0.2) is 0 Å². The van der Waals surface area contributed by atoms with Gasteiger partial charge in [0.25, 0.3) is 5.91 Å². The van der Waals surface area contributed by atoms with E-state index in [9.17, 15) is 4.79 Å². The summed E-state index contributed by atoms with van der Waals surface area (Å²) in [5, 5.41) is 0. The van der Waals surface area contributed by atoms with Gasteiger partial charge < -0.3 is 10.6 Å². The zero-order valence-corrected chi connectivity index (χ0v) is 12.6. The van der Waals surface area contributed by atoms with Gasteiger partial charge in [-0.05, 0) is 37.1 Å². The Morgan fingerprint density at radius 2 is 1.90 bits per heavy atom. The minimum Gasteiger partial charge on any atom is -0.389 e. The van der Waals surface area contributed by atoms with Crippen molar-refractivity contribution in [3.8, 4) is 0 Å². The topological polar surface area (TPSA) is 46.3 Å². The van der Waals surface area contributed by atoms with Crippen molar-refractivity contribution in [2.75, 3.05) is 4.90 Å². The molecule has 4 heteroatoms. The van der Waals surface area contributed by atoms with Crippen LogP contribution in [0.5, 0.6) is 0 Å². The molecule has 3 rings (SSSR count). The molecule has 0 spiro atoms. The second-order valence-corrected chi connectivity index (χ2v) is 5.74. The maximum atomic E-state index is 12.8. The molecule has 2 aromatic rings. The number of benzene rings is 2. The summed E-state index contributed by atoms with van der Waals surface area (Å²) >= 11 is 4.98. The monoisotopic (exact) mass is 296 g/mol. The summed E-state index contributed by atoms with van der Waals surface area (Å²) in [5.74, 6) is -0.00875. The largest absolute Gasteiger partial charge is 0.389 e. The predicted octanol–water partition coefficient (Wildman–Crippen LogP) is 2.91. The Morgan fingerprint density at radius 1 is 1.19 bits per heavy atom. The molecule has 0 fully saturated rings. The van der Waals surface area contributed by atoms with Crippen molar-refractivity contribution in [3.05, 3.63) is 65.2 Å². The molecule has 0 saturated heterocycles. The van der Waals surface area contributed by atoms with E-state index in [1.807, 2.05) is 35.2 Å². The highest BCUT2D eigenvalue weighted by Crippen LogP contribution is 2.33. The zero-order valence-electron chi connectivity index (χ0n) is 11.7. The van der Waals surface area contributed by atoms with Gasteiger partial charge in [0.1, 0.15) is 4.99 Å². The van der Waals surface area contributed by atoms with Crippen molar-refractivity contribution in [2.24, 2.45) is 5.73 Å². The molecule has 0 saturated carbocycles. The standard InChI is InChI=1S/C17H16N2OS/c1-11-9-12-5-2-3-8-15(12)19(11)17(20)14-7-4-6-13(10-14)16(18)21/h2-8,10-11H,9H2,1H3,(H2,18,21). The summed E-state index contributed by atoms with van der Waals surface area (Å²) in [6, 6.07) is 15.4. The number of hydrogen-bond acceptors (Lipinski definition) is 2. The number of thiocarbonyl (C=S) groups is 1. The van der Waals surface area contributed by atoms with Crippen LogP contribution in [0.15, 0.2) is 48.5 Å². The average Bonchev–Trinajstić information content (AvgIpc) is 2.82. The number of anilines is 1. The van der Waals surface area contributed by atoms with Crippen molar-refractivity contribution in [3.63, 3.8) is 0 Å². The number of carbonyl (C=O) groups is 1. The lowest BCUT2D eigenvalue weighted by molar-refractivity contribution is 0.0981. The maximum Gasteiger partial charge on any atom is 0.258 e. The predicted molar refractivity (Wildman–Crippen MR) is 88.7 cm³/mol. The summed E-state index contributed by atoms with van der Waals surface area (Å²) in [4.78, 5) is 15.0. The van der Waals surface area contributed by atoms with E-state index in [0.29, 0.717) is 10.6 Å². The molecule has 3 nitrogen and oxygen atoms in total. The van der Waals surface area contributed by atoms with E-state index >= 15 is 0 Å². The Bertz CT molecular complexity index is 726. The molecular formula is C17H16N2OS. The lowest BCUT2D eigenvalue weighted by Gasteiger charge is -2.23. The fourth-order valence-corrected chi connectivity index (χ4v) is 2.95. The van der Waals surface area contributed by atoms with Crippen LogP contribution >= 0.6 is 12.2 Å². The third kappa shape index (κ3) is 2.43. The van der Waals surface area contributed by atoms with Crippen LogP contribution in [0.25, 0.3) is 0 Å². The first-order valence-corrected chi connectivity index (χ1v) is 7.30. The SMILES string of the molecule is CC1Cc2ccccc2N1C(=O)c1cccc(C(N)=S)c1. The third-order valence-corrected chi connectivity index (χ3v) is 4.06. The Hall–Kier alpha value is -2.20. The van der Waals surface area contributed by atoms with E-state index in [2.05, 4.69) is 13.0 Å². The summed E-state index contributed by atoms with van der Waals surface area (Å²) in [6.07, 6.45) is 0.886. The summed E-state index contributed by atoms with van der Waals surface area (Å²) in [7, 11) is 0. The number of carbonyl (C=O) groups excluding carboxylic acids is 1.